The third-order valence-electron chi connectivity index (χ3n) is 11.6. The molecule has 4 saturated carbocycles. The van der Waals surface area contributed by atoms with Gasteiger partial charge in [-0.3, -0.25) is 14.4 Å². The van der Waals surface area contributed by atoms with Crippen molar-refractivity contribution in [3.63, 3.8) is 0 Å². The molecule has 43 heavy (non-hydrogen) atoms. The maximum absolute atomic E-state index is 13.0. The molecule has 0 aromatic rings. The highest BCUT2D eigenvalue weighted by Gasteiger charge is 2.72. The lowest BCUT2D eigenvalue weighted by Gasteiger charge is -2.64. The van der Waals surface area contributed by atoms with Crippen molar-refractivity contribution >= 4 is 17.9 Å². The number of carboxylic acid groups (broad SMARTS) is 2. The number of aliphatic hydroxyl groups excluding tert-OH is 4. The molecule has 1 spiro atoms. The number of hydrogen-bond donors (Lipinski definition) is 6. The molecule has 5 rings (SSSR count). The van der Waals surface area contributed by atoms with Crippen molar-refractivity contribution in [3.8, 4) is 0 Å². The van der Waals surface area contributed by atoms with E-state index in [-0.39, 0.29) is 30.6 Å². The number of ether oxygens (including phenoxy) is 3. The highest BCUT2D eigenvalue weighted by atomic mass is 16.7. The standard InChI is InChI=1S/C31H46O12/c1-14(2)9-21(33)43-24-23(35)22(34)18(13-32)42-26(24)41-17-11-29(4)19-6-5-16-10-30(19,25(36)15(16)3)8-7-20(29)31(12-17,27(37)38)28(39)40/h14,16-20,22-26,32,34-36H,3,5-13H2,1-2,4H3,(H,37,38)(H,39,40)/t16-,17+,18-,19+,20+,22-,23+,24-,25+,26-,29+,30-/m1/s1. The lowest BCUT2D eigenvalue weighted by Crippen LogP contribution is -2.66. The van der Waals surface area contributed by atoms with Crippen LogP contribution in [-0.4, -0.2) is 98.1 Å². The van der Waals surface area contributed by atoms with Crippen LogP contribution >= 0.6 is 0 Å². The van der Waals surface area contributed by atoms with Crippen LogP contribution in [0.25, 0.3) is 0 Å². The van der Waals surface area contributed by atoms with Crippen LogP contribution in [0.15, 0.2) is 12.2 Å². The molecule has 2 bridgehead atoms. The summed E-state index contributed by atoms with van der Waals surface area (Å²) in [6.45, 7) is 8.99. The predicted octanol–water partition coefficient (Wildman–Crippen LogP) is 1.47. The molecule has 0 amide bonds. The highest BCUT2D eigenvalue weighted by molar-refractivity contribution is 5.99. The van der Waals surface area contributed by atoms with Gasteiger partial charge in [-0.05, 0) is 73.2 Å². The second-order valence-corrected chi connectivity index (χ2v) is 14.3. The van der Waals surface area contributed by atoms with E-state index in [0.717, 1.165) is 18.4 Å². The van der Waals surface area contributed by atoms with Gasteiger partial charge in [0.2, 0.25) is 0 Å². The number of hydrogen-bond acceptors (Lipinski definition) is 10. The van der Waals surface area contributed by atoms with Crippen molar-refractivity contribution in [2.24, 2.45) is 39.9 Å². The van der Waals surface area contributed by atoms with Gasteiger partial charge in [-0.15, -0.1) is 0 Å². The van der Waals surface area contributed by atoms with Crippen LogP contribution < -0.4 is 0 Å². The molecule has 242 valence electrons. The Morgan fingerprint density at radius 3 is 2.28 bits per heavy atom. The molecule has 1 saturated heterocycles. The van der Waals surface area contributed by atoms with Gasteiger partial charge in [0.25, 0.3) is 0 Å². The molecular weight excluding hydrogens is 564 g/mol. The summed E-state index contributed by atoms with van der Waals surface area (Å²) in [6, 6.07) is 0. The van der Waals surface area contributed by atoms with Crippen molar-refractivity contribution in [3.05, 3.63) is 12.2 Å². The number of rotatable bonds is 8. The van der Waals surface area contributed by atoms with Gasteiger partial charge in [0.15, 0.2) is 17.8 Å². The van der Waals surface area contributed by atoms with Gasteiger partial charge in [-0.25, -0.2) is 0 Å². The van der Waals surface area contributed by atoms with Gasteiger partial charge in [0.1, 0.15) is 18.3 Å². The van der Waals surface area contributed by atoms with Crippen LogP contribution in [0.5, 0.6) is 0 Å². The minimum Gasteiger partial charge on any atom is -0.480 e. The third-order valence-corrected chi connectivity index (χ3v) is 11.6. The van der Waals surface area contributed by atoms with E-state index >= 15 is 0 Å². The SMILES string of the molecule is C=C1[C@@H]2CC[C@H]3[C@]4(C)C[C@H](O[C@@H]5O[C@H](CO)[C@@H](O)[C@H](O)[C@H]5OC(=O)CC(C)C)CC(C(=O)O)(C(=O)O)[C@H]4CC[C@]3(C2)[C@H]1O. The molecule has 0 aromatic carbocycles. The molecule has 6 N–H and O–H groups in total. The Bertz CT molecular complexity index is 1120. The summed E-state index contributed by atoms with van der Waals surface area (Å²) >= 11 is 0. The fourth-order valence-corrected chi connectivity index (χ4v) is 9.79. The molecule has 12 atom stereocenters. The molecule has 0 aromatic heterocycles. The topological polar surface area (TPSA) is 200 Å². The van der Waals surface area contributed by atoms with Crippen molar-refractivity contribution < 1.29 is 59.2 Å². The Morgan fingerprint density at radius 2 is 1.67 bits per heavy atom. The van der Waals surface area contributed by atoms with Crippen molar-refractivity contribution in [1.29, 1.82) is 0 Å². The van der Waals surface area contributed by atoms with Crippen molar-refractivity contribution in [1.82, 2.24) is 0 Å². The van der Waals surface area contributed by atoms with Crippen LogP contribution in [0.4, 0.5) is 0 Å². The summed E-state index contributed by atoms with van der Waals surface area (Å²) in [5.41, 5.74) is -2.82. The number of carbonyl (C=O) groups is 3. The number of esters is 1. The van der Waals surface area contributed by atoms with E-state index in [4.69, 9.17) is 14.2 Å². The van der Waals surface area contributed by atoms with Gasteiger partial charge in [-0.2, -0.15) is 0 Å². The summed E-state index contributed by atoms with van der Waals surface area (Å²) in [4.78, 5) is 38.6. The van der Waals surface area contributed by atoms with Crippen LogP contribution in [0.1, 0.15) is 72.1 Å². The van der Waals surface area contributed by atoms with Crippen LogP contribution in [0.3, 0.4) is 0 Å². The molecule has 5 fully saturated rings. The van der Waals surface area contributed by atoms with E-state index in [1.165, 1.54) is 0 Å². The van der Waals surface area contributed by atoms with Gasteiger partial charge in [-0.1, -0.05) is 27.4 Å². The quantitative estimate of drug-likeness (QED) is 0.100. The van der Waals surface area contributed by atoms with E-state index in [2.05, 4.69) is 6.58 Å². The zero-order valence-electron chi connectivity index (χ0n) is 25.1. The average Bonchev–Trinajstić information content (AvgIpc) is 3.10. The molecule has 12 heteroatoms. The van der Waals surface area contributed by atoms with E-state index in [0.29, 0.717) is 19.3 Å². The summed E-state index contributed by atoms with van der Waals surface area (Å²) in [5.74, 6) is -4.45. The van der Waals surface area contributed by atoms with Crippen LogP contribution in [-0.2, 0) is 28.6 Å². The molecule has 4 aliphatic carbocycles. The number of aliphatic hydroxyl groups is 4. The third kappa shape index (κ3) is 4.93. The summed E-state index contributed by atoms with van der Waals surface area (Å²) < 4.78 is 17.6. The molecule has 0 radical (unpaired) electrons. The minimum atomic E-state index is -2.20. The Balaban J connectivity index is 1.51. The first-order valence-electron chi connectivity index (χ1n) is 15.4. The van der Waals surface area contributed by atoms with Gasteiger partial charge in [0.05, 0.1) is 18.8 Å². The van der Waals surface area contributed by atoms with Gasteiger partial charge >= 0.3 is 17.9 Å². The Morgan fingerprint density at radius 1 is 1.00 bits per heavy atom. The molecule has 5 aliphatic rings. The second-order valence-electron chi connectivity index (χ2n) is 14.3. The maximum Gasteiger partial charge on any atom is 0.321 e. The van der Waals surface area contributed by atoms with E-state index in [9.17, 15) is 45.0 Å². The van der Waals surface area contributed by atoms with E-state index in [1.807, 2.05) is 6.92 Å². The molecular formula is C31H46O12. The van der Waals surface area contributed by atoms with Gasteiger partial charge in [0, 0.05) is 18.3 Å². The first-order valence-corrected chi connectivity index (χ1v) is 15.4. The lowest BCUT2D eigenvalue weighted by atomic mass is 9.40. The Hall–Kier alpha value is -2.09. The zero-order valence-corrected chi connectivity index (χ0v) is 25.1. The highest BCUT2D eigenvalue weighted by Crippen LogP contribution is 2.72. The largest absolute Gasteiger partial charge is 0.480 e. The number of carbonyl (C=O) groups excluding carboxylic acids is 1. The lowest BCUT2D eigenvalue weighted by molar-refractivity contribution is -0.324. The number of fused-ring (bicyclic) bond motifs is 3. The zero-order chi connectivity index (χ0) is 31.6. The van der Waals surface area contributed by atoms with Gasteiger partial charge < -0.3 is 44.8 Å². The summed E-state index contributed by atoms with van der Waals surface area (Å²) in [7, 11) is 0. The minimum absolute atomic E-state index is 0.0121. The fraction of sp³-hybridized carbons (Fsp3) is 0.839. The molecule has 1 aliphatic heterocycles. The number of carboxylic acids is 2. The molecule has 0 unspecified atom stereocenters. The molecule has 12 nitrogen and oxygen atoms in total. The predicted molar refractivity (Wildman–Crippen MR) is 148 cm³/mol. The Kier molecular flexibility index (Phi) is 8.54. The monoisotopic (exact) mass is 610 g/mol. The first-order chi connectivity index (χ1) is 20.1. The fourth-order valence-electron chi connectivity index (χ4n) is 9.79. The maximum atomic E-state index is 13.0. The Labute approximate surface area is 251 Å². The normalized spacial score (nSPS) is 45.3. The smallest absolute Gasteiger partial charge is 0.321 e. The van der Waals surface area contributed by atoms with Crippen LogP contribution in [0, 0.1) is 39.9 Å². The summed E-state index contributed by atoms with van der Waals surface area (Å²) in [6.07, 6.45) is -6.54. The average molecular weight is 611 g/mol. The summed E-state index contributed by atoms with van der Waals surface area (Å²) in [5, 5.41) is 63.8. The van der Waals surface area contributed by atoms with E-state index in [1.54, 1.807) is 13.8 Å². The second kappa shape index (κ2) is 11.4. The van der Waals surface area contributed by atoms with Crippen LogP contribution in [0.2, 0.25) is 0 Å². The van der Waals surface area contributed by atoms with Crippen molar-refractivity contribution in [2.45, 2.75) is 115 Å². The molecule has 1 heterocycles. The van der Waals surface area contributed by atoms with Crippen molar-refractivity contribution in [2.75, 3.05) is 6.61 Å². The van der Waals surface area contributed by atoms with E-state index < -0.39 is 96.0 Å². The number of aliphatic carboxylic acids is 2. The first kappa shape index (κ1) is 32.3.